The minimum atomic E-state index is -4.38. The Hall–Kier alpha value is -1.25. The van der Waals surface area contributed by atoms with Gasteiger partial charge in [-0.25, -0.2) is 0 Å². The summed E-state index contributed by atoms with van der Waals surface area (Å²) in [4.78, 5) is 2.88. The van der Waals surface area contributed by atoms with Gasteiger partial charge in [-0.15, -0.1) is 4.99 Å². The molecule has 0 atom stereocenters. The lowest BCUT2D eigenvalue weighted by Crippen LogP contribution is -2.17. The molecule has 0 aromatic rings. The standard InChI is InChI=1S/C6H7F3N2O/c1-2-12-5(11-4-10)3-6(7,8)9/h2-3H2,1H3/b11-5+. The topological polar surface area (TPSA) is 45.4 Å². The maximum absolute atomic E-state index is 11.7. The first-order chi connectivity index (χ1) is 5.49. The Morgan fingerprint density at radius 3 is 2.50 bits per heavy atom. The fourth-order valence-electron chi connectivity index (χ4n) is 0.517. The fourth-order valence-corrected chi connectivity index (χ4v) is 0.517. The third-order valence-corrected chi connectivity index (χ3v) is 0.837. The highest BCUT2D eigenvalue weighted by atomic mass is 19.4. The van der Waals surface area contributed by atoms with Crippen LogP contribution < -0.4 is 0 Å². The Kier molecular flexibility index (Phi) is 4.11. The Labute approximate surface area is 67.5 Å². The molecule has 0 unspecified atom stereocenters. The predicted octanol–water partition coefficient (Wildman–Crippen LogP) is 1.85. The summed E-state index contributed by atoms with van der Waals surface area (Å²) < 4.78 is 39.5. The van der Waals surface area contributed by atoms with E-state index < -0.39 is 18.5 Å². The Bertz CT molecular complexity index is 204. The van der Waals surface area contributed by atoms with Gasteiger partial charge < -0.3 is 4.74 Å². The number of nitrogens with zero attached hydrogens (tertiary/aromatic N) is 2. The molecular weight excluding hydrogens is 173 g/mol. The van der Waals surface area contributed by atoms with Gasteiger partial charge in [-0.1, -0.05) is 0 Å². The zero-order valence-corrected chi connectivity index (χ0v) is 6.35. The van der Waals surface area contributed by atoms with Gasteiger partial charge in [-0.3, -0.25) is 0 Å². The van der Waals surface area contributed by atoms with Crippen LogP contribution in [0.3, 0.4) is 0 Å². The molecule has 0 amide bonds. The van der Waals surface area contributed by atoms with E-state index in [9.17, 15) is 13.2 Å². The van der Waals surface area contributed by atoms with E-state index in [2.05, 4.69) is 9.73 Å². The lowest BCUT2D eigenvalue weighted by Gasteiger charge is -2.07. The summed E-state index contributed by atoms with van der Waals surface area (Å²) in [5, 5.41) is 7.98. The molecule has 0 spiro atoms. The second-order valence-electron chi connectivity index (χ2n) is 1.83. The van der Waals surface area contributed by atoms with Gasteiger partial charge in [0, 0.05) is 0 Å². The second-order valence-corrected chi connectivity index (χ2v) is 1.83. The summed E-state index contributed by atoms with van der Waals surface area (Å²) in [5.74, 6) is -0.590. The number of halogens is 3. The van der Waals surface area contributed by atoms with E-state index in [1.54, 1.807) is 0 Å². The smallest absolute Gasteiger partial charge is 0.397 e. The van der Waals surface area contributed by atoms with Gasteiger partial charge in [-0.05, 0) is 6.92 Å². The molecule has 0 aliphatic rings. The fraction of sp³-hybridized carbons (Fsp3) is 0.667. The number of hydrogen-bond donors (Lipinski definition) is 0. The minimum absolute atomic E-state index is 0.0661. The molecular formula is C6H7F3N2O. The van der Waals surface area contributed by atoms with Crippen molar-refractivity contribution in [1.82, 2.24) is 0 Å². The predicted molar refractivity (Wildman–Crippen MR) is 35.3 cm³/mol. The summed E-state index contributed by atoms with van der Waals surface area (Å²) >= 11 is 0. The molecule has 0 saturated heterocycles. The van der Waals surface area contributed by atoms with Gasteiger partial charge in [0.05, 0.1) is 6.61 Å². The van der Waals surface area contributed by atoms with Crippen molar-refractivity contribution in [2.24, 2.45) is 4.99 Å². The average Bonchev–Trinajstić information content (AvgIpc) is 1.84. The SMILES string of the molecule is CCO/C(CC(F)(F)F)=N/C#N. The van der Waals surface area contributed by atoms with E-state index >= 15 is 0 Å². The highest BCUT2D eigenvalue weighted by Crippen LogP contribution is 2.20. The number of nitriles is 1. The van der Waals surface area contributed by atoms with Crippen molar-refractivity contribution < 1.29 is 17.9 Å². The first-order valence-corrected chi connectivity index (χ1v) is 3.14. The second kappa shape index (κ2) is 4.59. The van der Waals surface area contributed by atoms with Crippen LogP contribution in [-0.4, -0.2) is 18.7 Å². The van der Waals surface area contributed by atoms with E-state index in [0.29, 0.717) is 0 Å². The summed E-state index contributed by atoms with van der Waals surface area (Å²) in [6.45, 7) is 1.58. The minimum Gasteiger partial charge on any atom is -0.480 e. The maximum Gasteiger partial charge on any atom is 0.397 e. The summed E-state index contributed by atoms with van der Waals surface area (Å²) in [5.41, 5.74) is 0. The molecule has 0 bridgehead atoms. The van der Waals surface area contributed by atoms with E-state index in [1.165, 1.54) is 13.1 Å². The Morgan fingerprint density at radius 1 is 1.58 bits per heavy atom. The molecule has 0 aliphatic heterocycles. The van der Waals surface area contributed by atoms with Crippen LogP contribution in [0.15, 0.2) is 4.99 Å². The number of aliphatic imine (C=N–C) groups is 1. The largest absolute Gasteiger partial charge is 0.480 e. The zero-order chi connectivity index (χ0) is 9.61. The maximum atomic E-state index is 11.7. The molecule has 0 aromatic heterocycles. The van der Waals surface area contributed by atoms with Crippen LogP contribution in [0.1, 0.15) is 13.3 Å². The quantitative estimate of drug-likeness (QED) is 0.370. The molecule has 3 nitrogen and oxygen atoms in total. The van der Waals surface area contributed by atoms with Crippen LogP contribution in [0.25, 0.3) is 0 Å². The third-order valence-electron chi connectivity index (χ3n) is 0.837. The van der Waals surface area contributed by atoms with Crippen molar-refractivity contribution in [2.45, 2.75) is 19.5 Å². The van der Waals surface area contributed by atoms with Crippen molar-refractivity contribution in [3.05, 3.63) is 0 Å². The van der Waals surface area contributed by atoms with E-state index in [-0.39, 0.29) is 6.61 Å². The molecule has 68 valence electrons. The van der Waals surface area contributed by atoms with Crippen LogP contribution in [0.5, 0.6) is 0 Å². The van der Waals surface area contributed by atoms with Crippen molar-refractivity contribution in [3.63, 3.8) is 0 Å². The Morgan fingerprint density at radius 2 is 2.17 bits per heavy atom. The Balaban J connectivity index is 4.17. The van der Waals surface area contributed by atoms with Crippen LogP contribution in [0.4, 0.5) is 13.2 Å². The van der Waals surface area contributed by atoms with Gasteiger partial charge in [0.2, 0.25) is 12.1 Å². The van der Waals surface area contributed by atoms with Gasteiger partial charge in [0.1, 0.15) is 6.42 Å². The molecule has 0 rings (SSSR count). The normalized spacial score (nSPS) is 12.4. The van der Waals surface area contributed by atoms with Crippen molar-refractivity contribution in [1.29, 1.82) is 5.26 Å². The van der Waals surface area contributed by atoms with Gasteiger partial charge >= 0.3 is 6.18 Å². The van der Waals surface area contributed by atoms with Crippen LogP contribution in [0, 0.1) is 11.5 Å². The lowest BCUT2D eigenvalue weighted by molar-refractivity contribution is -0.124. The van der Waals surface area contributed by atoms with E-state index in [0.717, 1.165) is 0 Å². The average molecular weight is 180 g/mol. The molecule has 6 heteroatoms. The summed E-state index contributed by atoms with van der Waals surface area (Å²) in [7, 11) is 0. The molecule has 0 heterocycles. The first kappa shape index (κ1) is 10.8. The molecule has 0 saturated carbocycles. The first-order valence-electron chi connectivity index (χ1n) is 3.14. The van der Waals surface area contributed by atoms with E-state index in [4.69, 9.17) is 5.26 Å². The highest BCUT2D eigenvalue weighted by Gasteiger charge is 2.30. The van der Waals surface area contributed by atoms with Crippen molar-refractivity contribution in [2.75, 3.05) is 6.61 Å². The highest BCUT2D eigenvalue weighted by molar-refractivity contribution is 5.77. The number of ether oxygens (including phenoxy) is 1. The molecule has 0 aliphatic carbocycles. The van der Waals surface area contributed by atoms with Crippen molar-refractivity contribution in [3.8, 4) is 6.19 Å². The van der Waals surface area contributed by atoms with Crippen LogP contribution >= 0.6 is 0 Å². The van der Waals surface area contributed by atoms with Crippen molar-refractivity contribution >= 4 is 5.90 Å². The monoisotopic (exact) mass is 180 g/mol. The third kappa shape index (κ3) is 5.53. The molecule has 12 heavy (non-hydrogen) atoms. The number of hydrogen-bond acceptors (Lipinski definition) is 3. The van der Waals surface area contributed by atoms with Gasteiger partial charge in [-0.2, -0.15) is 18.4 Å². The summed E-state index contributed by atoms with van der Waals surface area (Å²) in [6.07, 6.45) is -4.44. The lowest BCUT2D eigenvalue weighted by atomic mass is 10.4. The molecule has 0 fully saturated rings. The van der Waals surface area contributed by atoms with Gasteiger partial charge in [0.25, 0.3) is 0 Å². The van der Waals surface area contributed by atoms with Crippen LogP contribution in [-0.2, 0) is 4.74 Å². The summed E-state index contributed by atoms with van der Waals surface area (Å²) in [6, 6.07) is 0. The molecule has 0 N–H and O–H groups in total. The van der Waals surface area contributed by atoms with Gasteiger partial charge in [0.15, 0.2) is 0 Å². The number of alkyl halides is 3. The number of rotatable bonds is 2. The zero-order valence-electron chi connectivity index (χ0n) is 6.35. The molecule has 0 aromatic carbocycles. The molecule has 0 radical (unpaired) electrons. The van der Waals surface area contributed by atoms with E-state index in [1.807, 2.05) is 0 Å². The van der Waals surface area contributed by atoms with Crippen LogP contribution in [0.2, 0.25) is 0 Å².